The van der Waals surface area contributed by atoms with Crippen LogP contribution in [0, 0.1) is 5.82 Å². The maximum atomic E-state index is 13.8. The second-order valence-electron chi connectivity index (χ2n) is 12.6. The van der Waals surface area contributed by atoms with Crippen molar-refractivity contribution in [2.75, 3.05) is 28.8 Å². The molecular formula is C31H30F7N5O4. The van der Waals surface area contributed by atoms with Crippen LogP contribution >= 0.6 is 0 Å². The number of ether oxygens (including phenoxy) is 4. The van der Waals surface area contributed by atoms with Crippen molar-refractivity contribution in [1.29, 1.82) is 0 Å². The van der Waals surface area contributed by atoms with Gasteiger partial charge in [0.15, 0.2) is 23.7 Å². The zero-order valence-electron chi connectivity index (χ0n) is 25.3. The van der Waals surface area contributed by atoms with E-state index >= 15 is 0 Å². The largest absolute Gasteiger partial charge is 0.416 e. The van der Waals surface area contributed by atoms with Crippen LogP contribution in [0.3, 0.4) is 0 Å². The van der Waals surface area contributed by atoms with Gasteiger partial charge in [-0.1, -0.05) is 12.1 Å². The first-order valence-corrected chi connectivity index (χ1v) is 14.8. The number of rotatable bonds is 7. The fourth-order valence-electron chi connectivity index (χ4n) is 6.60. The number of anilines is 3. The summed E-state index contributed by atoms with van der Waals surface area (Å²) in [5, 5.41) is 3.31. The lowest BCUT2D eigenvalue weighted by atomic mass is 10.1. The van der Waals surface area contributed by atoms with Gasteiger partial charge in [-0.25, -0.2) is 14.4 Å². The van der Waals surface area contributed by atoms with Crippen molar-refractivity contribution in [1.82, 2.24) is 9.97 Å². The van der Waals surface area contributed by atoms with Crippen LogP contribution in [0.15, 0.2) is 48.8 Å². The molecule has 7 rings (SSSR count). The molecule has 5 atom stereocenters. The van der Waals surface area contributed by atoms with Crippen molar-refractivity contribution in [2.24, 2.45) is 0 Å². The Hall–Kier alpha value is -3.73. The number of fused-ring (bicyclic) bond motifs is 3. The molecule has 1 saturated carbocycles. The van der Waals surface area contributed by atoms with E-state index in [1.54, 1.807) is 19.9 Å². The van der Waals surface area contributed by atoms with E-state index in [1.807, 2.05) is 22.9 Å². The van der Waals surface area contributed by atoms with Crippen molar-refractivity contribution >= 4 is 17.3 Å². The van der Waals surface area contributed by atoms with E-state index in [1.165, 1.54) is 18.5 Å². The molecule has 2 saturated heterocycles. The standard InChI is InChI=1S/C31H30F7N5O4/c1-28(2)45-23-24(46-28)29(11-21(29)44-13-17-7-18(30(33,34)35)10-19(8-17)31(36,37)38)47-27(23)43-15-41-22-25(39-14-40-26(22)43)42(3)12-16-5-4-6-20(32)9-16/h4-10,14,21,23-24,27,41H,11-13,15H2,1-3H3/t21?,23-,24+,27-,29?/m1/s1. The molecule has 1 aliphatic carbocycles. The molecule has 1 spiro atoms. The highest BCUT2D eigenvalue weighted by atomic mass is 19.4. The van der Waals surface area contributed by atoms with Crippen molar-refractivity contribution in [3.63, 3.8) is 0 Å². The maximum Gasteiger partial charge on any atom is 0.416 e. The van der Waals surface area contributed by atoms with Crippen LogP contribution in [0.5, 0.6) is 0 Å². The fraction of sp³-hybridized carbons (Fsp3) is 0.484. The Morgan fingerprint density at radius 3 is 2.38 bits per heavy atom. The summed E-state index contributed by atoms with van der Waals surface area (Å²) in [4.78, 5) is 12.6. The molecule has 4 heterocycles. The molecule has 3 aromatic rings. The van der Waals surface area contributed by atoms with Gasteiger partial charge in [0, 0.05) is 20.0 Å². The number of alkyl halides is 6. The van der Waals surface area contributed by atoms with E-state index in [-0.39, 0.29) is 30.5 Å². The first-order chi connectivity index (χ1) is 22.0. The molecule has 3 aliphatic heterocycles. The summed E-state index contributed by atoms with van der Waals surface area (Å²) < 4.78 is 119. The van der Waals surface area contributed by atoms with Gasteiger partial charge >= 0.3 is 12.4 Å². The number of nitrogens with zero attached hydrogens (tertiary/aromatic N) is 4. The molecule has 2 unspecified atom stereocenters. The summed E-state index contributed by atoms with van der Waals surface area (Å²) in [6.07, 6.45) is -10.9. The number of hydrogen-bond donors (Lipinski definition) is 1. The molecule has 252 valence electrons. The second kappa shape index (κ2) is 10.9. The molecular weight excluding hydrogens is 639 g/mol. The van der Waals surface area contributed by atoms with Gasteiger partial charge in [-0.3, -0.25) is 0 Å². The normalized spacial score (nSPS) is 27.6. The van der Waals surface area contributed by atoms with E-state index in [0.717, 1.165) is 5.56 Å². The molecule has 0 radical (unpaired) electrons. The third kappa shape index (κ3) is 5.85. The van der Waals surface area contributed by atoms with Gasteiger partial charge in [-0.2, -0.15) is 26.3 Å². The Morgan fingerprint density at radius 2 is 1.70 bits per heavy atom. The van der Waals surface area contributed by atoms with Gasteiger partial charge < -0.3 is 34.1 Å². The Labute approximate surface area is 264 Å². The second-order valence-corrected chi connectivity index (χ2v) is 12.6. The minimum atomic E-state index is -4.97. The number of benzene rings is 2. The fourth-order valence-corrected chi connectivity index (χ4v) is 6.60. The lowest BCUT2D eigenvalue weighted by Crippen LogP contribution is -2.44. The molecule has 4 aliphatic rings. The number of hydrogen-bond acceptors (Lipinski definition) is 9. The average molecular weight is 670 g/mol. The predicted octanol–water partition coefficient (Wildman–Crippen LogP) is 6.08. The summed E-state index contributed by atoms with van der Waals surface area (Å²) in [7, 11) is 1.82. The van der Waals surface area contributed by atoms with Crippen LogP contribution in [0.25, 0.3) is 0 Å². The third-order valence-corrected chi connectivity index (χ3v) is 8.70. The van der Waals surface area contributed by atoms with Crippen LogP contribution < -0.4 is 15.1 Å². The van der Waals surface area contributed by atoms with Crippen molar-refractivity contribution < 1.29 is 49.7 Å². The quantitative estimate of drug-likeness (QED) is 0.301. The Morgan fingerprint density at radius 1 is 0.979 bits per heavy atom. The lowest BCUT2D eigenvalue weighted by molar-refractivity contribution is -0.196. The van der Waals surface area contributed by atoms with Crippen LogP contribution in [0.4, 0.5) is 48.1 Å². The number of nitrogens with one attached hydrogen (secondary N) is 1. The molecule has 3 fully saturated rings. The molecule has 16 heteroatoms. The van der Waals surface area contributed by atoms with E-state index < -0.39 is 66.0 Å². The summed E-state index contributed by atoms with van der Waals surface area (Å²) in [5.41, 5.74) is -2.77. The number of aromatic nitrogens is 2. The van der Waals surface area contributed by atoms with Gasteiger partial charge in [0.25, 0.3) is 0 Å². The third-order valence-electron chi connectivity index (χ3n) is 8.70. The van der Waals surface area contributed by atoms with Crippen LogP contribution in [0.1, 0.15) is 42.5 Å². The molecule has 0 bridgehead atoms. The highest BCUT2D eigenvalue weighted by Crippen LogP contribution is 2.59. The SMILES string of the molecule is CN(Cc1cccc(F)c1)c1ncnc2c1NCN2[C@@H]1OC2(CC2OCc2cc(C(F)(F)F)cc(C(F)(F)F)c2)[C@H]2OC(C)(C)O[C@@H]12. The highest BCUT2D eigenvalue weighted by Gasteiger charge is 2.75. The van der Waals surface area contributed by atoms with Gasteiger partial charge in [-0.15, -0.1) is 0 Å². The minimum absolute atomic E-state index is 0.0827. The topological polar surface area (TPSA) is 81.2 Å². The molecule has 9 nitrogen and oxygen atoms in total. The average Bonchev–Trinajstić information content (AvgIpc) is 3.20. The lowest BCUT2D eigenvalue weighted by Gasteiger charge is -2.30. The molecule has 1 N–H and O–H groups in total. The summed E-state index contributed by atoms with van der Waals surface area (Å²) in [6, 6.07) is 7.64. The smallest absolute Gasteiger partial charge is 0.370 e. The van der Waals surface area contributed by atoms with Crippen LogP contribution in [-0.2, 0) is 44.5 Å². The van der Waals surface area contributed by atoms with Crippen molar-refractivity contribution in [3.05, 3.63) is 76.9 Å². The van der Waals surface area contributed by atoms with Crippen LogP contribution in [0.2, 0.25) is 0 Å². The van der Waals surface area contributed by atoms with Crippen LogP contribution in [-0.4, -0.2) is 59.6 Å². The molecule has 47 heavy (non-hydrogen) atoms. The van der Waals surface area contributed by atoms with E-state index in [9.17, 15) is 30.7 Å². The first kappa shape index (κ1) is 31.8. The molecule has 1 aromatic heterocycles. The van der Waals surface area contributed by atoms with Gasteiger partial charge in [0.2, 0.25) is 0 Å². The zero-order valence-corrected chi connectivity index (χ0v) is 25.3. The van der Waals surface area contributed by atoms with E-state index in [0.29, 0.717) is 36.0 Å². The minimum Gasteiger partial charge on any atom is -0.370 e. The van der Waals surface area contributed by atoms with E-state index in [4.69, 9.17) is 18.9 Å². The predicted molar refractivity (Wildman–Crippen MR) is 153 cm³/mol. The first-order valence-electron chi connectivity index (χ1n) is 14.8. The summed E-state index contributed by atoms with van der Waals surface area (Å²) in [6.45, 7) is 3.62. The van der Waals surface area contributed by atoms with Gasteiger partial charge in [0.05, 0.1) is 30.5 Å². The number of halogens is 7. The maximum absolute atomic E-state index is 13.8. The van der Waals surface area contributed by atoms with Crippen molar-refractivity contribution in [3.8, 4) is 0 Å². The molecule has 0 amide bonds. The molecule has 2 aromatic carbocycles. The van der Waals surface area contributed by atoms with Gasteiger partial charge in [-0.05, 0) is 55.3 Å². The zero-order chi connectivity index (χ0) is 33.5. The van der Waals surface area contributed by atoms with Crippen molar-refractivity contribution in [2.45, 2.75) is 81.7 Å². The Balaban J connectivity index is 1.11. The highest BCUT2D eigenvalue weighted by molar-refractivity contribution is 5.82. The summed E-state index contributed by atoms with van der Waals surface area (Å²) in [5.74, 6) is -0.253. The van der Waals surface area contributed by atoms with Gasteiger partial charge in [0.1, 0.15) is 35.6 Å². The summed E-state index contributed by atoms with van der Waals surface area (Å²) >= 11 is 0. The monoisotopic (exact) mass is 669 g/mol. The Kier molecular flexibility index (Phi) is 7.39. The Bertz CT molecular complexity index is 1660. The van der Waals surface area contributed by atoms with E-state index in [2.05, 4.69) is 15.3 Å².